The highest BCUT2D eigenvalue weighted by Crippen LogP contribution is 2.11. The molecule has 0 aliphatic rings. The van der Waals surface area contributed by atoms with Gasteiger partial charge in [0.05, 0.1) is 17.4 Å². The van der Waals surface area contributed by atoms with Crippen LogP contribution in [0, 0.1) is 0 Å². The molecule has 0 spiro atoms. The number of sulfonamides is 1. The lowest BCUT2D eigenvalue weighted by molar-refractivity contribution is 0.500. The second-order valence-corrected chi connectivity index (χ2v) is 6.43. The van der Waals surface area contributed by atoms with Crippen LogP contribution in [-0.4, -0.2) is 46.4 Å². The number of hydrogen-bond acceptors (Lipinski definition) is 4. The molecule has 2 rings (SSSR count). The molecule has 0 radical (unpaired) electrons. The second-order valence-electron chi connectivity index (χ2n) is 3.84. The largest absolute Gasteiger partial charge is 0.250 e. The van der Waals surface area contributed by atoms with Gasteiger partial charge in [-0.3, -0.25) is 0 Å². The fourth-order valence-corrected chi connectivity index (χ4v) is 2.34. The molecule has 0 N–H and O–H groups in total. The molecule has 0 fully saturated rings. The van der Waals surface area contributed by atoms with Gasteiger partial charge in [-0.25, -0.2) is 22.1 Å². The lowest BCUT2D eigenvalue weighted by Gasteiger charge is -2.08. The van der Waals surface area contributed by atoms with E-state index in [-0.39, 0.29) is 4.90 Å². The van der Waals surface area contributed by atoms with Gasteiger partial charge in [-0.1, -0.05) is 11.6 Å². The van der Waals surface area contributed by atoms with E-state index in [1.165, 1.54) is 37.4 Å². The van der Waals surface area contributed by atoms with Crippen molar-refractivity contribution in [2.24, 2.45) is 0 Å². The predicted octanol–water partition coefficient (Wildman–Crippen LogP) is 0.489. The summed E-state index contributed by atoms with van der Waals surface area (Å²) in [6, 6.07) is 0. The third kappa shape index (κ3) is 2.55. The van der Waals surface area contributed by atoms with Gasteiger partial charge >= 0.3 is 0 Å². The molecule has 9 heteroatoms. The summed E-state index contributed by atoms with van der Waals surface area (Å²) in [5.74, 6) is 0. The van der Waals surface area contributed by atoms with Crippen LogP contribution in [0.4, 0.5) is 0 Å². The van der Waals surface area contributed by atoms with E-state index in [2.05, 4.69) is 10.2 Å². The fraction of sp³-hybridized carbons (Fsp3) is 0.333. The minimum atomic E-state index is -3.45. The topological polar surface area (TPSA) is 73.0 Å². The maximum atomic E-state index is 11.8. The summed E-state index contributed by atoms with van der Waals surface area (Å²) in [7, 11) is -0.505. The summed E-state index contributed by atoms with van der Waals surface area (Å²) < 4.78 is 27.8. The van der Waals surface area contributed by atoms with E-state index in [9.17, 15) is 8.42 Å². The van der Waals surface area contributed by atoms with E-state index < -0.39 is 10.0 Å². The smallest absolute Gasteiger partial charge is 0.245 e. The average Bonchev–Trinajstić information content (AvgIpc) is 2.88. The Morgan fingerprint density at radius 2 is 1.83 bits per heavy atom. The second kappa shape index (κ2) is 4.71. The van der Waals surface area contributed by atoms with Gasteiger partial charge in [-0.05, 0) is 0 Å². The van der Waals surface area contributed by atoms with Crippen molar-refractivity contribution in [1.82, 2.24) is 23.9 Å². The lowest BCUT2D eigenvalue weighted by atomic mass is 10.7. The zero-order chi connectivity index (χ0) is 13.3. The van der Waals surface area contributed by atoms with E-state index in [4.69, 9.17) is 11.6 Å². The summed E-state index contributed by atoms with van der Waals surface area (Å²) in [6.07, 6.45) is 5.89. The molecule has 0 unspecified atom stereocenters. The molecule has 0 aromatic carbocycles. The van der Waals surface area contributed by atoms with Gasteiger partial charge < -0.3 is 0 Å². The molecular formula is C9H12ClN5O2S. The minimum absolute atomic E-state index is 0.144. The van der Waals surface area contributed by atoms with Crippen molar-refractivity contribution in [3.63, 3.8) is 0 Å². The van der Waals surface area contributed by atoms with Crippen molar-refractivity contribution >= 4 is 21.6 Å². The standard InChI is InChI=1S/C9H12ClN5O2S/c1-13(2)18(16,17)9-4-12-15(6-9)7-14-5-8(10)3-11-14/h3-6H,7H2,1-2H3. The summed E-state index contributed by atoms with van der Waals surface area (Å²) in [5.41, 5.74) is 0. The molecule has 18 heavy (non-hydrogen) atoms. The fourth-order valence-electron chi connectivity index (χ4n) is 1.33. The van der Waals surface area contributed by atoms with E-state index in [0.29, 0.717) is 11.7 Å². The molecule has 0 aliphatic carbocycles. The van der Waals surface area contributed by atoms with Crippen molar-refractivity contribution in [3.8, 4) is 0 Å². The predicted molar refractivity (Wildman–Crippen MR) is 65.7 cm³/mol. The van der Waals surface area contributed by atoms with Gasteiger partial charge in [0.1, 0.15) is 11.6 Å². The van der Waals surface area contributed by atoms with Crippen LogP contribution in [0.25, 0.3) is 0 Å². The third-order valence-electron chi connectivity index (χ3n) is 2.28. The zero-order valence-electron chi connectivity index (χ0n) is 9.86. The highest BCUT2D eigenvalue weighted by atomic mass is 35.5. The summed E-state index contributed by atoms with van der Waals surface area (Å²) in [5, 5.41) is 8.47. The van der Waals surface area contributed by atoms with Crippen molar-refractivity contribution in [2.75, 3.05) is 14.1 Å². The molecule has 7 nitrogen and oxygen atoms in total. The lowest BCUT2D eigenvalue weighted by Crippen LogP contribution is -2.21. The number of rotatable bonds is 4. The van der Waals surface area contributed by atoms with Crippen molar-refractivity contribution < 1.29 is 8.42 Å². The Morgan fingerprint density at radius 1 is 1.22 bits per heavy atom. The van der Waals surface area contributed by atoms with Crippen LogP contribution in [0.3, 0.4) is 0 Å². The molecule has 0 amide bonds. The van der Waals surface area contributed by atoms with Gasteiger partial charge in [-0.2, -0.15) is 10.2 Å². The molecule has 98 valence electrons. The van der Waals surface area contributed by atoms with E-state index in [0.717, 1.165) is 4.31 Å². The van der Waals surface area contributed by atoms with Gasteiger partial charge in [-0.15, -0.1) is 0 Å². The van der Waals surface area contributed by atoms with Gasteiger partial charge in [0, 0.05) is 26.5 Å². The van der Waals surface area contributed by atoms with E-state index in [1.54, 1.807) is 10.9 Å². The Kier molecular flexibility index (Phi) is 3.42. The first-order valence-corrected chi connectivity index (χ1v) is 6.84. The summed E-state index contributed by atoms with van der Waals surface area (Å²) >= 11 is 5.73. The van der Waals surface area contributed by atoms with Crippen LogP contribution in [-0.2, 0) is 16.7 Å². The Labute approximate surface area is 110 Å². The van der Waals surface area contributed by atoms with Crippen molar-refractivity contribution in [2.45, 2.75) is 11.6 Å². The molecule has 0 saturated carbocycles. The first-order valence-electron chi connectivity index (χ1n) is 5.02. The van der Waals surface area contributed by atoms with Gasteiger partial charge in [0.2, 0.25) is 10.0 Å². The number of halogens is 1. The SMILES string of the molecule is CN(C)S(=O)(=O)c1cnn(Cn2cc(Cl)cn2)c1. The maximum absolute atomic E-state index is 11.8. The quantitative estimate of drug-likeness (QED) is 0.821. The van der Waals surface area contributed by atoms with Crippen LogP contribution < -0.4 is 0 Å². The van der Waals surface area contributed by atoms with Crippen LogP contribution in [0.2, 0.25) is 5.02 Å². The number of nitrogens with zero attached hydrogens (tertiary/aromatic N) is 5. The van der Waals surface area contributed by atoms with E-state index in [1.807, 2.05) is 0 Å². The molecule has 0 bridgehead atoms. The molecule has 0 aliphatic heterocycles. The maximum Gasteiger partial charge on any atom is 0.245 e. The Balaban J connectivity index is 2.21. The monoisotopic (exact) mass is 289 g/mol. The Morgan fingerprint density at radius 3 is 2.39 bits per heavy atom. The highest BCUT2D eigenvalue weighted by Gasteiger charge is 2.19. The van der Waals surface area contributed by atoms with Crippen molar-refractivity contribution in [1.29, 1.82) is 0 Å². The Hall–Kier alpha value is -1.38. The number of hydrogen-bond donors (Lipinski definition) is 0. The average molecular weight is 290 g/mol. The number of aromatic nitrogens is 4. The summed E-state index contributed by atoms with van der Waals surface area (Å²) in [6.45, 7) is 0.301. The minimum Gasteiger partial charge on any atom is -0.250 e. The van der Waals surface area contributed by atoms with Crippen molar-refractivity contribution in [3.05, 3.63) is 29.8 Å². The van der Waals surface area contributed by atoms with E-state index >= 15 is 0 Å². The van der Waals surface area contributed by atoms with Gasteiger partial charge in [0.25, 0.3) is 0 Å². The summed E-state index contributed by atoms with van der Waals surface area (Å²) in [4.78, 5) is 0.144. The van der Waals surface area contributed by atoms with Crippen LogP contribution in [0.5, 0.6) is 0 Å². The molecule has 0 saturated heterocycles. The van der Waals surface area contributed by atoms with Crippen LogP contribution in [0.15, 0.2) is 29.7 Å². The van der Waals surface area contributed by atoms with Crippen LogP contribution in [0.1, 0.15) is 0 Å². The molecule has 2 aromatic heterocycles. The third-order valence-corrected chi connectivity index (χ3v) is 4.24. The Bertz CT molecular complexity index is 645. The zero-order valence-corrected chi connectivity index (χ0v) is 11.4. The highest BCUT2D eigenvalue weighted by molar-refractivity contribution is 7.89. The molecule has 2 heterocycles. The molecule has 0 atom stereocenters. The van der Waals surface area contributed by atoms with Crippen LogP contribution >= 0.6 is 11.6 Å². The normalized spacial score (nSPS) is 12.2. The van der Waals surface area contributed by atoms with Gasteiger partial charge in [0.15, 0.2) is 0 Å². The molecular weight excluding hydrogens is 278 g/mol. The molecule has 2 aromatic rings. The first kappa shape index (κ1) is 13.1. The first-order chi connectivity index (χ1) is 8.39.